The van der Waals surface area contributed by atoms with Crippen LogP contribution in [0.3, 0.4) is 0 Å². The van der Waals surface area contributed by atoms with Gasteiger partial charge in [-0.2, -0.15) is 0 Å². The Labute approximate surface area is 145 Å². The number of nitrogens with zero attached hydrogens (tertiary/aromatic N) is 1. The van der Waals surface area contributed by atoms with Crippen molar-refractivity contribution in [1.82, 2.24) is 4.90 Å². The van der Waals surface area contributed by atoms with E-state index in [1.54, 1.807) is 17.9 Å². The Balaban J connectivity index is 1.81. The van der Waals surface area contributed by atoms with Crippen LogP contribution in [0.4, 0.5) is 4.39 Å². The first kappa shape index (κ1) is 17.2. The summed E-state index contributed by atoms with van der Waals surface area (Å²) in [7, 11) is 0. The average molecular weight is 345 g/mol. The maximum atomic E-state index is 13.4. The molecule has 1 amide bonds. The van der Waals surface area contributed by atoms with Gasteiger partial charge in [-0.3, -0.25) is 9.59 Å². The summed E-state index contributed by atoms with van der Waals surface area (Å²) in [6.07, 6.45) is 3.39. The van der Waals surface area contributed by atoms with Gasteiger partial charge in [0.2, 0.25) is 0 Å². The van der Waals surface area contributed by atoms with E-state index in [4.69, 9.17) is 9.52 Å². The molecule has 2 heterocycles. The minimum atomic E-state index is -1.04. The second-order valence-corrected chi connectivity index (χ2v) is 6.42. The highest BCUT2D eigenvalue weighted by Gasteiger charge is 2.33. The van der Waals surface area contributed by atoms with Gasteiger partial charge in [0.15, 0.2) is 0 Å². The second kappa shape index (κ2) is 7.09. The van der Waals surface area contributed by atoms with Crippen LogP contribution in [-0.2, 0) is 17.6 Å². The van der Waals surface area contributed by atoms with Crippen molar-refractivity contribution in [2.45, 2.75) is 38.6 Å². The molecular weight excluding hydrogens is 325 g/mol. The molecule has 3 rings (SSSR count). The van der Waals surface area contributed by atoms with Gasteiger partial charge < -0.3 is 14.4 Å². The van der Waals surface area contributed by atoms with E-state index in [1.165, 1.54) is 18.4 Å². The van der Waals surface area contributed by atoms with Gasteiger partial charge in [-0.25, -0.2) is 4.39 Å². The normalized spacial score (nSPS) is 17.0. The van der Waals surface area contributed by atoms with Crippen LogP contribution in [-0.4, -0.2) is 34.5 Å². The van der Waals surface area contributed by atoms with E-state index in [9.17, 15) is 14.0 Å². The number of carboxylic acid groups (broad SMARTS) is 1. The standard InChI is InChI=1S/C19H20FNO4/c1-12-11-25-16(10-17(22)23)18(12)19(24)21-7-3-6-15(21)9-13-4-2-5-14(20)8-13/h2,4-5,8,11,15H,3,6-7,9-10H2,1H3,(H,22,23). The SMILES string of the molecule is Cc1coc(CC(=O)O)c1C(=O)N1CCCC1Cc1cccc(F)c1. The maximum absolute atomic E-state index is 13.4. The van der Waals surface area contributed by atoms with E-state index < -0.39 is 5.97 Å². The number of carbonyl (C=O) groups excluding carboxylic acids is 1. The van der Waals surface area contributed by atoms with E-state index in [-0.39, 0.29) is 29.9 Å². The minimum Gasteiger partial charge on any atom is -0.481 e. The predicted molar refractivity (Wildman–Crippen MR) is 88.9 cm³/mol. The number of rotatable bonds is 5. The molecule has 1 atom stereocenters. The fourth-order valence-electron chi connectivity index (χ4n) is 3.45. The smallest absolute Gasteiger partial charge is 0.311 e. The highest BCUT2D eigenvalue weighted by atomic mass is 19.1. The third kappa shape index (κ3) is 3.73. The molecule has 0 radical (unpaired) electrons. The summed E-state index contributed by atoms with van der Waals surface area (Å²) in [6.45, 7) is 2.34. The van der Waals surface area contributed by atoms with E-state index in [2.05, 4.69) is 0 Å². The Hall–Kier alpha value is -2.63. The van der Waals surface area contributed by atoms with Crippen molar-refractivity contribution >= 4 is 11.9 Å². The highest BCUT2D eigenvalue weighted by Crippen LogP contribution is 2.27. The largest absolute Gasteiger partial charge is 0.481 e. The van der Waals surface area contributed by atoms with Crippen LogP contribution in [0.1, 0.15) is 40.1 Å². The van der Waals surface area contributed by atoms with E-state index in [0.29, 0.717) is 24.1 Å². The van der Waals surface area contributed by atoms with Crippen molar-refractivity contribution in [2.75, 3.05) is 6.54 Å². The summed E-state index contributed by atoms with van der Waals surface area (Å²) in [5.41, 5.74) is 1.82. The van der Waals surface area contributed by atoms with Gasteiger partial charge >= 0.3 is 5.97 Å². The van der Waals surface area contributed by atoms with Crippen LogP contribution in [0.25, 0.3) is 0 Å². The Morgan fingerprint density at radius 2 is 2.20 bits per heavy atom. The third-order valence-corrected chi connectivity index (χ3v) is 4.58. The van der Waals surface area contributed by atoms with Crippen LogP contribution in [0.15, 0.2) is 34.9 Å². The fraction of sp³-hybridized carbons (Fsp3) is 0.368. The lowest BCUT2D eigenvalue weighted by molar-refractivity contribution is -0.136. The van der Waals surface area contributed by atoms with Gasteiger partial charge in [0, 0.05) is 18.2 Å². The lowest BCUT2D eigenvalue weighted by Crippen LogP contribution is -2.37. The highest BCUT2D eigenvalue weighted by molar-refractivity contribution is 5.97. The molecule has 2 aromatic rings. The number of halogens is 1. The number of amides is 1. The van der Waals surface area contributed by atoms with Crippen LogP contribution in [0.2, 0.25) is 0 Å². The number of carbonyl (C=O) groups is 2. The molecule has 0 bridgehead atoms. The Morgan fingerprint density at radius 3 is 2.92 bits per heavy atom. The lowest BCUT2D eigenvalue weighted by atomic mass is 10.0. The minimum absolute atomic E-state index is 0.0266. The molecule has 1 unspecified atom stereocenters. The van der Waals surface area contributed by atoms with Crippen LogP contribution in [0.5, 0.6) is 0 Å². The first-order chi connectivity index (χ1) is 12.0. The number of likely N-dealkylation sites (tertiary alicyclic amines) is 1. The molecule has 6 heteroatoms. The summed E-state index contributed by atoms with van der Waals surface area (Å²) >= 11 is 0. The molecule has 0 spiro atoms. The molecule has 0 saturated carbocycles. The van der Waals surface area contributed by atoms with Gasteiger partial charge in [0.1, 0.15) is 18.0 Å². The molecule has 1 aliphatic heterocycles. The van der Waals surface area contributed by atoms with Gasteiger partial charge in [0.25, 0.3) is 5.91 Å². The Bertz CT molecular complexity index is 798. The fourth-order valence-corrected chi connectivity index (χ4v) is 3.45. The number of aryl methyl sites for hydroxylation is 1. The number of hydrogen-bond donors (Lipinski definition) is 1. The second-order valence-electron chi connectivity index (χ2n) is 6.42. The lowest BCUT2D eigenvalue weighted by Gasteiger charge is -2.25. The zero-order valence-corrected chi connectivity index (χ0v) is 14.0. The van der Waals surface area contributed by atoms with Crippen molar-refractivity contribution in [3.63, 3.8) is 0 Å². The molecule has 0 aliphatic carbocycles. The van der Waals surface area contributed by atoms with Gasteiger partial charge in [0.05, 0.1) is 11.8 Å². The number of aliphatic carboxylic acids is 1. The first-order valence-corrected chi connectivity index (χ1v) is 8.30. The topological polar surface area (TPSA) is 70.7 Å². The summed E-state index contributed by atoms with van der Waals surface area (Å²) < 4.78 is 18.7. The van der Waals surface area contributed by atoms with E-state index in [0.717, 1.165) is 18.4 Å². The molecule has 1 aliphatic rings. The monoisotopic (exact) mass is 345 g/mol. The molecule has 132 valence electrons. The summed E-state index contributed by atoms with van der Waals surface area (Å²) in [4.78, 5) is 25.7. The Morgan fingerprint density at radius 1 is 1.40 bits per heavy atom. The maximum Gasteiger partial charge on any atom is 0.311 e. The number of hydrogen-bond acceptors (Lipinski definition) is 3. The molecule has 1 aromatic heterocycles. The summed E-state index contributed by atoms with van der Waals surface area (Å²) in [5.74, 6) is -1.35. The van der Waals surface area contributed by atoms with Gasteiger partial charge in [-0.1, -0.05) is 12.1 Å². The molecule has 1 saturated heterocycles. The summed E-state index contributed by atoms with van der Waals surface area (Å²) in [5, 5.41) is 9.00. The molecule has 25 heavy (non-hydrogen) atoms. The molecule has 1 N–H and O–H groups in total. The zero-order chi connectivity index (χ0) is 18.0. The molecule has 5 nitrogen and oxygen atoms in total. The average Bonchev–Trinajstić information content (AvgIpc) is 3.13. The van der Waals surface area contributed by atoms with Gasteiger partial charge in [-0.05, 0) is 43.9 Å². The summed E-state index contributed by atoms with van der Waals surface area (Å²) in [6, 6.07) is 6.37. The van der Waals surface area contributed by atoms with Crippen molar-refractivity contribution < 1.29 is 23.5 Å². The molecular formula is C19H20FNO4. The molecule has 1 fully saturated rings. The number of carboxylic acids is 1. The van der Waals surface area contributed by atoms with Crippen LogP contribution < -0.4 is 0 Å². The van der Waals surface area contributed by atoms with Crippen molar-refractivity contribution in [2.24, 2.45) is 0 Å². The van der Waals surface area contributed by atoms with Crippen LogP contribution >= 0.6 is 0 Å². The van der Waals surface area contributed by atoms with E-state index >= 15 is 0 Å². The Kier molecular flexibility index (Phi) is 4.88. The number of furan rings is 1. The zero-order valence-electron chi connectivity index (χ0n) is 14.0. The third-order valence-electron chi connectivity index (χ3n) is 4.58. The van der Waals surface area contributed by atoms with Gasteiger partial charge in [-0.15, -0.1) is 0 Å². The van der Waals surface area contributed by atoms with Crippen molar-refractivity contribution in [3.05, 3.63) is 58.8 Å². The molecule has 1 aromatic carbocycles. The first-order valence-electron chi connectivity index (χ1n) is 8.30. The van der Waals surface area contributed by atoms with E-state index in [1.807, 2.05) is 6.07 Å². The quantitative estimate of drug-likeness (QED) is 0.903. The van der Waals surface area contributed by atoms with Crippen LogP contribution in [0, 0.1) is 12.7 Å². The van der Waals surface area contributed by atoms with Crippen molar-refractivity contribution in [3.8, 4) is 0 Å². The predicted octanol–water partition coefficient (Wildman–Crippen LogP) is 3.20. The van der Waals surface area contributed by atoms with Crippen molar-refractivity contribution in [1.29, 1.82) is 0 Å². The number of benzene rings is 1.